The Morgan fingerprint density at radius 3 is 2.56 bits per heavy atom. The van der Waals surface area contributed by atoms with Crippen LogP contribution < -0.4 is 0 Å². The van der Waals surface area contributed by atoms with Crippen LogP contribution in [0, 0.1) is 0 Å². The van der Waals surface area contributed by atoms with E-state index in [-0.39, 0.29) is 24.4 Å². The second kappa shape index (κ2) is 6.54. The van der Waals surface area contributed by atoms with Crippen molar-refractivity contribution in [2.24, 2.45) is 0 Å². The molecule has 1 aromatic heterocycles. The molecule has 0 radical (unpaired) electrons. The van der Waals surface area contributed by atoms with E-state index < -0.39 is 5.97 Å². The summed E-state index contributed by atoms with van der Waals surface area (Å²) in [7, 11) is 0. The molecule has 4 nitrogen and oxygen atoms in total. The number of carbonyl (C=O) groups is 2. The first-order valence-electron chi connectivity index (χ1n) is 6.01. The predicted octanol–water partition coefficient (Wildman–Crippen LogP) is 2.56. The van der Waals surface area contributed by atoms with Crippen molar-refractivity contribution in [3.05, 3.63) is 22.4 Å². The summed E-state index contributed by atoms with van der Waals surface area (Å²) >= 11 is 1.54. The molecule has 0 aliphatic rings. The maximum Gasteiger partial charge on any atom is 0.323 e. The minimum atomic E-state index is -0.971. The smallest absolute Gasteiger partial charge is 0.323 e. The van der Waals surface area contributed by atoms with Crippen LogP contribution in [0.4, 0.5) is 0 Å². The molecule has 5 heteroatoms. The lowest BCUT2D eigenvalue weighted by Gasteiger charge is -2.29. The Balaban J connectivity index is 2.84. The van der Waals surface area contributed by atoms with Gasteiger partial charge in [-0.2, -0.15) is 11.3 Å². The number of hydrogen-bond donors (Lipinski definition) is 1. The van der Waals surface area contributed by atoms with Crippen molar-refractivity contribution in [3.63, 3.8) is 0 Å². The van der Waals surface area contributed by atoms with Crippen molar-refractivity contribution in [3.8, 4) is 0 Å². The van der Waals surface area contributed by atoms with Gasteiger partial charge in [-0.15, -0.1) is 0 Å². The molecule has 18 heavy (non-hydrogen) atoms. The van der Waals surface area contributed by atoms with Crippen LogP contribution in [-0.4, -0.2) is 34.5 Å². The Hall–Kier alpha value is -1.36. The number of carbonyl (C=O) groups excluding carboxylic acids is 1. The molecule has 0 spiro atoms. The summed E-state index contributed by atoms with van der Waals surface area (Å²) in [4.78, 5) is 24.6. The highest BCUT2D eigenvalue weighted by Gasteiger charge is 2.26. The molecule has 100 valence electrons. The Labute approximate surface area is 111 Å². The van der Waals surface area contributed by atoms with Crippen LogP contribution >= 0.6 is 11.3 Å². The van der Waals surface area contributed by atoms with Gasteiger partial charge in [-0.3, -0.25) is 9.59 Å². The van der Waals surface area contributed by atoms with Crippen LogP contribution in [0.25, 0.3) is 0 Å². The molecule has 2 atom stereocenters. The summed E-state index contributed by atoms with van der Waals surface area (Å²) < 4.78 is 0. The Kier molecular flexibility index (Phi) is 5.34. The Bertz CT molecular complexity index is 402. The fraction of sp³-hybridized carbons (Fsp3) is 0.538. The number of hydrogen-bond acceptors (Lipinski definition) is 3. The lowest BCUT2D eigenvalue weighted by atomic mass is 10.0. The van der Waals surface area contributed by atoms with Gasteiger partial charge in [-0.25, -0.2) is 0 Å². The predicted molar refractivity (Wildman–Crippen MR) is 71.8 cm³/mol. The Morgan fingerprint density at radius 2 is 2.11 bits per heavy atom. The quantitative estimate of drug-likeness (QED) is 0.863. The van der Waals surface area contributed by atoms with Gasteiger partial charge in [0.2, 0.25) is 5.91 Å². The van der Waals surface area contributed by atoms with Gasteiger partial charge in [0, 0.05) is 6.04 Å². The molecular weight excluding hydrogens is 250 g/mol. The number of rotatable bonds is 6. The van der Waals surface area contributed by atoms with Crippen LogP contribution in [0.5, 0.6) is 0 Å². The monoisotopic (exact) mass is 269 g/mol. The van der Waals surface area contributed by atoms with E-state index in [0.717, 1.165) is 12.0 Å². The first kappa shape index (κ1) is 14.7. The molecule has 0 aliphatic carbocycles. The molecule has 0 aliphatic heterocycles. The molecule has 1 rings (SSSR count). The summed E-state index contributed by atoms with van der Waals surface area (Å²) in [6.45, 7) is 5.41. The van der Waals surface area contributed by atoms with Crippen molar-refractivity contribution in [2.45, 2.75) is 39.2 Å². The van der Waals surface area contributed by atoms with E-state index in [2.05, 4.69) is 0 Å². The lowest BCUT2D eigenvalue weighted by molar-refractivity contribution is -0.146. The molecular formula is C13H19NO3S. The molecule has 0 bridgehead atoms. The van der Waals surface area contributed by atoms with Gasteiger partial charge in [0.25, 0.3) is 0 Å². The average Bonchev–Trinajstić information content (AvgIpc) is 2.86. The van der Waals surface area contributed by atoms with Crippen LogP contribution in [0.2, 0.25) is 0 Å². The molecule has 1 amide bonds. The zero-order chi connectivity index (χ0) is 13.7. The molecule has 0 saturated carbocycles. The van der Waals surface area contributed by atoms with E-state index in [4.69, 9.17) is 5.11 Å². The number of carboxylic acids is 1. The molecule has 0 saturated heterocycles. The first-order valence-corrected chi connectivity index (χ1v) is 6.96. The third kappa shape index (κ3) is 3.57. The van der Waals surface area contributed by atoms with Crippen LogP contribution in [-0.2, 0) is 9.59 Å². The number of amides is 1. The number of carboxylic acid groups (broad SMARTS) is 1. The van der Waals surface area contributed by atoms with Gasteiger partial charge in [-0.1, -0.05) is 6.92 Å². The first-order chi connectivity index (χ1) is 8.47. The minimum absolute atomic E-state index is 0.0605. The second-order valence-corrected chi connectivity index (χ2v) is 5.18. The van der Waals surface area contributed by atoms with Crippen molar-refractivity contribution in [1.82, 2.24) is 4.90 Å². The maximum atomic E-state index is 12.3. The molecule has 1 aromatic rings. The fourth-order valence-corrected chi connectivity index (χ4v) is 2.48. The highest BCUT2D eigenvalue weighted by Crippen LogP contribution is 2.22. The van der Waals surface area contributed by atoms with Gasteiger partial charge >= 0.3 is 5.97 Å². The summed E-state index contributed by atoms with van der Waals surface area (Å²) in [6, 6.07) is 1.85. The Morgan fingerprint density at radius 1 is 1.44 bits per heavy atom. The van der Waals surface area contributed by atoms with E-state index in [1.165, 1.54) is 16.2 Å². The summed E-state index contributed by atoms with van der Waals surface area (Å²) in [5, 5.41) is 12.7. The van der Waals surface area contributed by atoms with Crippen LogP contribution in [0.15, 0.2) is 16.8 Å². The van der Waals surface area contributed by atoms with Crippen molar-refractivity contribution in [2.75, 3.05) is 6.54 Å². The highest BCUT2D eigenvalue weighted by atomic mass is 32.1. The molecule has 1 heterocycles. The zero-order valence-corrected chi connectivity index (χ0v) is 11.7. The fourth-order valence-electron chi connectivity index (χ4n) is 1.73. The molecule has 0 aromatic carbocycles. The highest BCUT2D eigenvalue weighted by molar-refractivity contribution is 7.08. The third-order valence-electron chi connectivity index (χ3n) is 3.13. The zero-order valence-electron chi connectivity index (χ0n) is 10.9. The molecule has 0 unspecified atom stereocenters. The van der Waals surface area contributed by atoms with Crippen LogP contribution in [0.3, 0.4) is 0 Å². The largest absolute Gasteiger partial charge is 0.480 e. The lowest BCUT2D eigenvalue weighted by Crippen LogP contribution is -2.43. The van der Waals surface area contributed by atoms with E-state index in [1.54, 1.807) is 0 Å². The van der Waals surface area contributed by atoms with Gasteiger partial charge in [0.15, 0.2) is 0 Å². The van der Waals surface area contributed by atoms with Crippen molar-refractivity contribution < 1.29 is 14.7 Å². The second-order valence-electron chi connectivity index (χ2n) is 4.40. The van der Waals surface area contributed by atoms with Gasteiger partial charge in [0.05, 0.1) is 5.92 Å². The van der Waals surface area contributed by atoms with E-state index in [1.807, 2.05) is 37.6 Å². The number of aliphatic carboxylic acids is 1. The topological polar surface area (TPSA) is 57.6 Å². The van der Waals surface area contributed by atoms with E-state index in [9.17, 15) is 9.59 Å². The summed E-state index contributed by atoms with van der Waals surface area (Å²) in [5.74, 6) is -1.38. The summed E-state index contributed by atoms with van der Waals surface area (Å²) in [6.07, 6.45) is 0.745. The molecule has 1 N–H and O–H groups in total. The molecule has 0 fully saturated rings. The number of thiophene rings is 1. The normalized spacial score (nSPS) is 13.9. The summed E-state index contributed by atoms with van der Waals surface area (Å²) in [5.41, 5.74) is 0.948. The number of nitrogens with zero attached hydrogens (tertiary/aromatic N) is 1. The van der Waals surface area contributed by atoms with Gasteiger partial charge in [0.1, 0.15) is 6.54 Å². The van der Waals surface area contributed by atoms with Crippen LogP contribution in [0.1, 0.15) is 38.7 Å². The SMILES string of the molecule is CC[C@H](C)N(CC(=O)O)C(=O)[C@H](C)c1ccsc1. The van der Waals surface area contributed by atoms with E-state index in [0.29, 0.717) is 0 Å². The average molecular weight is 269 g/mol. The van der Waals surface area contributed by atoms with Gasteiger partial charge in [-0.05, 0) is 42.7 Å². The minimum Gasteiger partial charge on any atom is -0.480 e. The van der Waals surface area contributed by atoms with Gasteiger partial charge < -0.3 is 10.0 Å². The standard InChI is InChI=1S/C13H19NO3S/c1-4-9(2)14(7-12(15)16)13(17)10(3)11-5-6-18-8-11/h5-6,8-10H,4,7H2,1-3H3,(H,15,16)/t9-,10+/m0/s1. The third-order valence-corrected chi connectivity index (χ3v) is 3.83. The van der Waals surface area contributed by atoms with E-state index >= 15 is 0 Å². The van der Waals surface area contributed by atoms with Crippen molar-refractivity contribution >= 4 is 23.2 Å². The maximum absolute atomic E-state index is 12.3. The van der Waals surface area contributed by atoms with Crippen molar-refractivity contribution in [1.29, 1.82) is 0 Å².